The predicted octanol–water partition coefficient (Wildman–Crippen LogP) is 2.96. The van der Waals surface area contributed by atoms with Crippen LogP contribution in [0, 0.1) is 13.8 Å². The molecule has 2 aromatic rings. The summed E-state index contributed by atoms with van der Waals surface area (Å²) >= 11 is 3.06. The van der Waals surface area contributed by atoms with Gasteiger partial charge in [0, 0.05) is 10.3 Å². The van der Waals surface area contributed by atoms with Gasteiger partial charge < -0.3 is 4.74 Å². The molecule has 2 aromatic heterocycles. The van der Waals surface area contributed by atoms with Gasteiger partial charge in [0.05, 0.1) is 12.4 Å². The van der Waals surface area contributed by atoms with E-state index in [4.69, 9.17) is 4.74 Å². The minimum Gasteiger partial charge on any atom is -0.465 e. The Balaban J connectivity index is 2.25. The van der Waals surface area contributed by atoms with Crippen LogP contribution in [0.15, 0.2) is 11.4 Å². The average Bonchev–Trinajstić information content (AvgIpc) is 2.64. The molecule has 0 unspecified atom stereocenters. The zero-order valence-corrected chi connectivity index (χ0v) is 12.2. The number of hydrogen-bond acceptors (Lipinski definition) is 6. The van der Waals surface area contributed by atoms with Crippen LogP contribution < -0.4 is 0 Å². The molecule has 6 heteroatoms. The molecule has 0 radical (unpaired) electrons. The molecule has 2 rings (SSSR count). The molecule has 0 saturated heterocycles. The third kappa shape index (κ3) is 2.64. The van der Waals surface area contributed by atoms with Gasteiger partial charge in [0.1, 0.15) is 16.2 Å². The number of hydrogen-bond donors (Lipinski definition) is 0. The number of fused-ring (bicyclic) bond motifs is 1. The molecule has 0 aromatic carbocycles. The maximum Gasteiger partial charge on any atom is 0.316 e. The molecule has 0 aliphatic rings. The highest BCUT2D eigenvalue weighted by molar-refractivity contribution is 8.00. The summed E-state index contributed by atoms with van der Waals surface area (Å²) in [6, 6.07) is 0. The van der Waals surface area contributed by atoms with Crippen molar-refractivity contribution in [3.8, 4) is 0 Å². The number of carbonyl (C=O) groups excluding carboxylic acids is 1. The number of aryl methyl sites for hydroxylation is 2. The number of rotatable bonds is 4. The molecule has 0 atom stereocenters. The molecule has 0 fully saturated rings. The number of ether oxygens (including phenoxy) is 1. The SMILES string of the molecule is CCOC(=O)CSc1ncnc2sc(C)c(C)c12. The molecular formula is C12H14N2O2S2. The Morgan fingerprint density at radius 1 is 1.44 bits per heavy atom. The second-order valence-electron chi connectivity index (χ2n) is 3.74. The van der Waals surface area contributed by atoms with Gasteiger partial charge in [-0.1, -0.05) is 11.8 Å². The first kappa shape index (κ1) is 13.3. The number of esters is 1. The first-order chi connectivity index (χ1) is 8.63. The van der Waals surface area contributed by atoms with Crippen LogP contribution in [0.5, 0.6) is 0 Å². The lowest BCUT2D eigenvalue weighted by Gasteiger charge is -2.03. The van der Waals surface area contributed by atoms with Crippen molar-refractivity contribution in [2.75, 3.05) is 12.4 Å². The lowest BCUT2D eigenvalue weighted by Crippen LogP contribution is -2.06. The monoisotopic (exact) mass is 282 g/mol. The van der Waals surface area contributed by atoms with Gasteiger partial charge in [0.15, 0.2) is 0 Å². The van der Waals surface area contributed by atoms with E-state index in [2.05, 4.69) is 23.8 Å². The van der Waals surface area contributed by atoms with Gasteiger partial charge in [0.2, 0.25) is 0 Å². The van der Waals surface area contributed by atoms with Gasteiger partial charge in [-0.3, -0.25) is 4.79 Å². The van der Waals surface area contributed by atoms with Crippen LogP contribution >= 0.6 is 23.1 Å². The van der Waals surface area contributed by atoms with Crippen LogP contribution in [0.2, 0.25) is 0 Å². The summed E-state index contributed by atoms with van der Waals surface area (Å²) in [4.78, 5) is 22.1. The van der Waals surface area contributed by atoms with Crippen LogP contribution in [0.25, 0.3) is 10.2 Å². The van der Waals surface area contributed by atoms with E-state index in [0.717, 1.165) is 15.2 Å². The highest BCUT2D eigenvalue weighted by Crippen LogP contribution is 2.34. The normalized spacial score (nSPS) is 10.8. The first-order valence-electron chi connectivity index (χ1n) is 5.62. The van der Waals surface area contributed by atoms with Crippen molar-refractivity contribution in [2.45, 2.75) is 25.8 Å². The van der Waals surface area contributed by atoms with Gasteiger partial charge in [-0.2, -0.15) is 0 Å². The number of nitrogens with zero attached hydrogens (tertiary/aromatic N) is 2. The third-order valence-corrected chi connectivity index (χ3v) is 4.64. The number of carbonyl (C=O) groups is 1. The fourth-order valence-corrected chi connectivity index (χ4v) is 3.50. The lowest BCUT2D eigenvalue weighted by atomic mass is 10.2. The quantitative estimate of drug-likeness (QED) is 0.490. The fourth-order valence-electron chi connectivity index (χ4n) is 1.59. The minimum absolute atomic E-state index is 0.209. The van der Waals surface area contributed by atoms with E-state index in [1.165, 1.54) is 22.2 Å². The highest BCUT2D eigenvalue weighted by atomic mass is 32.2. The maximum atomic E-state index is 11.4. The molecule has 0 bridgehead atoms. The highest BCUT2D eigenvalue weighted by Gasteiger charge is 2.13. The standard InChI is InChI=1S/C12H14N2O2S2/c1-4-16-9(15)5-17-11-10-7(2)8(3)18-12(10)14-6-13-11/h6H,4-5H2,1-3H3. The molecule has 0 spiro atoms. The Bertz CT molecular complexity index is 581. The Hall–Kier alpha value is -1.14. The van der Waals surface area contributed by atoms with Gasteiger partial charge in [-0.25, -0.2) is 9.97 Å². The number of aromatic nitrogens is 2. The van der Waals surface area contributed by atoms with E-state index in [1.54, 1.807) is 24.6 Å². The minimum atomic E-state index is -0.209. The van der Waals surface area contributed by atoms with Gasteiger partial charge >= 0.3 is 5.97 Å². The van der Waals surface area contributed by atoms with Crippen LogP contribution in [-0.4, -0.2) is 28.3 Å². The third-order valence-electron chi connectivity index (χ3n) is 2.56. The molecule has 0 amide bonds. The van der Waals surface area contributed by atoms with E-state index in [0.29, 0.717) is 6.61 Å². The summed E-state index contributed by atoms with van der Waals surface area (Å²) in [6.07, 6.45) is 1.55. The molecule has 4 nitrogen and oxygen atoms in total. The predicted molar refractivity (Wildman–Crippen MR) is 74.2 cm³/mol. The Morgan fingerprint density at radius 3 is 2.94 bits per heavy atom. The summed E-state index contributed by atoms with van der Waals surface area (Å²) in [6.45, 7) is 6.35. The van der Waals surface area contributed by atoms with Crippen molar-refractivity contribution < 1.29 is 9.53 Å². The van der Waals surface area contributed by atoms with Crippen LogP contribution in [0.1, 0.15) is 17.4 Å². The molecule has 2 heterocycles. The van der Waals surface area contributed by atoms with Crippen molar-refractivity contribution in [1.82, 2.24) is 9.97 Å². The van der Waals surface area contributed by atoms with Crippen molar-refractivity contribution >= 4 is 39.3 Å². The van der Waals surface area contributed by atoms with Crippen molar-refractivity contribution in [2.24, 2.45) is 0 Å². The number of thioether (sulfide) groups is 1. The van der Waals surface area contributed by atoms with E-state index < -0.39 is 0 Å². The van der Waals surface area contributed by atoms with E-state index in [-0.39, 0.29) is 11.7 Å². The summed E-state index contributed by atoms with van der Waals surface area (Å²) in [5, 5.41) is 1.92. The topological polar surface area (TPSA) is 52.1 Å². The second kappa shape index (κ2) is 5.67. The molecular weight excluding hydrogens is 268 g/mol. The smallest absolute Gasteiger partial charge is 0.316 e. The van der Waals surface area contributed by atoms with E-state index in [9.17, 15) is 4.79 Å². The summed E-state index contributed by atoms with van der Waals surface area (Å²) in [7, 11) is 0. The van der Waals surface area contributed by atoms with Crippen molar-refractivity contribution in [1.29, 1.82) is 0 Å². The van der Waals surface area contributed by atoms with Crippen LogP contribution in [0.3, 0.4) is 0 Å². The first-order valence-corrected chi connectivity index (χ1v) is 7.42. The zero-order valence-electron chi connectivity index (χ0n) is 10.5. The summed E-state index contributed by atoms with van der Waals surface area (Å²) < 4.78 is 4.91. The van der Waals surface area contributed by atoms with Gasteiger partial charge in [-0.15, -0.1) is 11.3 Å². The summed E-state index contributed by atoms with van der Waals surface area (Å²) in [5.74, 6) is 0.0766. The van der Waals surface area contributed by atoms with Gasteiger partial charge in [0.25, 0.3) is 0 Å². The van der Waals surface area contributed by atoms with Gasteiger partial charge in [-0.05, 0) is 26.3 Å². The molecule has 0 saturated carbocycles. The Labute approximate surface area is 114 Å². The Kier molecular flexibility index (Phi) is 4.19. The average molecular weight is 282 g/mol. The van der Waals surface area contributed by atoms with Crippen LogP contribution in [-0.2, 0) is 9.53 Å². The van der Waals surface area contributed by atoms with E-state index in [1.807, 2.05) is 0 Å². The second-order valence-corrected chi connectivity index (χ2v) is 5.90. The number of thiophene rings is 1. The largest absolute Gasteiger partial charge is 0.465 e. The lowest BCUT2D eigenvalue weighted by molar-refractivity contribution is -0.139. The van der Waals surface area contributed by atoms with Crippen LogP contribution in [0.4, 0.5) is 0 Å². The Morgan fingerprint density at radius 2 is 2.22 bits per heavy atom. The molecule has 0 aliphatic heterocycles. The summed E-state index contributed by atoms with van der Waals surface area (Å²) in [5.41, 5.74) is 1.20. The zero-order chi connectivity index (χ0) is 13.1. The fraction of sp³-hybridized carbons (Fsp3) is 0.417. The maximum absolute atomic E-state index is 11.4. The van der Waals surface area contributed by atoms with Crippen molar-refractivity contribution in [3.63, 3.8) is 0 Å². The molecule has 0 aliphatic carbocycles. The molecule has 96 valence electrons. The molecule has 18 heavy (non-hydrogen) atoms. The molecule has 0 N–H and O–H groups in total. The van der Waals surface area contributed by atoms with Crippen molar-refractivity contribution in [3.05, 3.63) is 16.8 Å². The van der Waals surface area contributed by atoms with E-state index >= 15 is 0 Å².